The van der Waals surface area contributed by atoms with Crippen LogP contribution < -0.4 is 10.6 Å². The molecule has 33 heavy (non-hydrogen) atoms. The number of benzene rings is 2. The van der Waals surface area contributed by atoms with Crippen molar-refractivity contribution in [1.82, 2.24) is 20.1 Å². The van der Waals surface area contributed by atoms with Crippen LogP contribution >= 0.6 is 0 Å². The van der Waals surface area contributed by atoms with E-state index in [1.54, 1.807) is 35.9 Å². The summed E-state index contributed by atoms with van der Waals surface area (Å²) in [6.45, 7) is 1.84. The zero-order valence-corrected chi connectivity index (χ0v) is 17.8. The standard InChI is InChI=1S/C24H21N5O4/c1-15-19(14-26-29(15)21-11-8-16-4-2-3-5-20(16)28-21)24(33)27-18-9-6-17(7-10-18)23(32)25-13-12-22(30)31/h2-11,14H,12-13H2,1H3,(H,25,32)(H,27,33)(H,30,31). The highest BCUT2D eigenvalue weighted by Gasteiger charge is 2.16. The van der Waals surface area contributed by atoms with E-state index < -0.39 is 5.97 Å². The van der Waals surface area contributed by atoms with Gasteiger partial charge in [-0.15, -0.1) is 0 Å². The molecule has 0 saturated heterocycles. The first-order valence-corrected chi connectivity index (χ1v) is 10.2. The van der Waals surface area contributed by atoms with Gasteiger partial charge in [-0.3, -0.25) is 14.4 Å². The molecule has 0 unspecified atom stereocenters. The van der Waals surface area contributed by atoms with Gasteiger partial charge in [-0.1, -0.05) is 18.2 Å². The zero-order valence-electron chi connectivity index (χ0n) is 17.8. The molecule has 0 spiro atoms. The van der Waals surface area contributed by atoms with Crippen molar-refractivity contribution in [2.75, 3.05) is 11.9 Å². The number of nitrogens with one attached hydrogen (secondary N) is 2. The summed E-state index contributed by atoms with van der Waals surface area (Å²) in [4.78, 5) is 40.0. The maximum absolute atomic E-state index is 12.8. The number of carbonyl (C=O) groups is 3. The van der Waals surface area contributed by atoms with Gasteiger partial charge >= 0.3 is 5.97 Å². The van der Waals surface area contributed by atoms with E-state index in [1.165, 1.54) is 6.20 Å². The maximum atomic E-state index is 12.8. The van der Waals surface area contributed by atoms with Crippen molar-refractivity contribution in [1.29, 1.82) is 0 Å². The number of fused-ring (bicyclic) bond motifs is 1. The van der Waals surface area contributed by atoms with Crippen molar-refractivity contribution in [2.24, 2.45) is 0 Å². The summed E-state index contributed by atoms with van der Waals surface area (Å²) in [5.74, 6) is -1.08. The monoisotopic (exact) mass is 443 g/mol. The van der Waals surface area contributed by atoms with Gasteiger partial charge in [0.25, 0.3) is 11.8 Å². The number of rotatable bonds is 7. The van der Waals surface area contributed by atoms with Crippen LogP contribution in [0.3, 0.4) is 0 Å². The third-order valence-corrected chi connectivity index (χ3v) is 5.08. The summed E-state index contributed by atoms with van der Waals surface area (Å²) < 4.78 is 1.62. The Labute approximate surface area is 189 Å². The third kappa shape index (κ3) is 4.87. The smallest absolute Gasteiger partial charge is 0.305 e. The lowest BCUT2D eigenvalue weighted by Crippen LogP contribution is -2.25. The average Bonchev–Trinajstić information content (AvgIpc) is 3.20. The highest BCUT2D eigenvalue weighted by Crippen LogP contribution is 2.18. The molecule has 0 aliphatic carbocycles. The number of carboxylic acids is 1. The van der Waals surface area contributed by atoms with Crippen LogP contribution in [0.5, 0.6) is 0 Å². The van der Waals surface area contributed by atoms with Gasteiger partial charge in [-0.25, -0.2) is 9.67 Å². The molecule has 4 rings (SSSR count). The molecule has 2 aromatic carbocycles. The van der Waals surface area contributed by atoms with Crippen LogP contribution in [0, 0.1) is 6.92 Å². The predicted octanol–water partition coefficient (Wildman–Crippen LogP) is 3.19. The fraction of sp³-hybridized carbons (Fsp3) is 0.125. The number of hydrogen-bond donors (Lipinski definition) is 3. The minimum Gasteiger partial charge on any atom is -0.481 e. The number of para-hydroxylation sites is 1. The van der Waals surface area contributed by atoms with Crippen LogP contribution in [0.25, 0.3) is 16.7 Å². The highest BCUT2D eigenvalue weighted by atomic mass is 16.4. The van der Waals surface area contributed by atoms with Crippen LogP contribution in [0.1, 0.15) is 32.8 Å². The summed E-state index contributed by atoms with van der Waals surface area (Å²) in [6, 6.07) is 17.9. The zero-order chi connectivity index (χ0) is 23.4. The Balaban J connectivity index is 1.45. The maximum Gasteiger partial charge on any atom is 0.305 e. The van der Waals surface area contributed by atoms with E-state index >= 15 is 0 Å². The third-order valence-electron chi connectivity index (χ3n) is 5.08. The van der Waals surface area contributed by atoms with Crippen LogP contribution in [0.4, 0.5) is 5.69 Å². The molecule has 2 aromatic heterocycles. The van der Waals surface area contributed by atoms with Gasteiger partial charge < -0.3 is 15.7 Å². The number of pyridine rings is 1. The molecule has 0 radical (unpaired) electrons. The van der Waals surface area contributed by atoms with E-state index in [0.29, 0.717) is 28.3 Å². The normalized spacial score (nSPS) is 10.7. The van der Waals surface area contributed by atoms with E-state index in [0.717, 1.165) is 10.9 Å². The van der Waals surface area contributed by atoms with Crippen LogP contribution in [0.15, 0.2) is 66.9 Å². The average molecular weight is 443 g/mol. The van der Waals surface area contributed by atoms with Crippen LogP contribution in [-0.2, 0) is 4.79 Å². The summed E-state index contributed by atoms with van der Waals surface area (Å²) in [5.41, 5.74) is 2.76. The second-order valence-corrected chi connectivity index (χ2v) is 7.35. The van der Waals surface area contributed by atoms with E-state index in [4.69, 9.17) is 5.11 Å². The molecule has 3 N–H and O–H groups in total. The molecule has 0 aliphatic rings. The molecule has 9 heteroatoms. The Morgan fingerprint density at radius 2 is 1.73 bits per heavy atom. The Kier molecular flexibility index (Phi) is 6.12. The van der Waals surface area contributed by atoms with Crippen molar-refractivity contribution in [3.8, 4) is 5.82 Å². The lowest BCUT2D eigenvalue weighted by Gasteiger charge is -2.08. The quantitative estimate of drug-likeness (QED) is 0.403. The first-order chi connectivity index (χ1) is 15.9. The van der Waals surface area contributed by atoms with Gasteiger partial charge in [0.05, 0.1) is 29.4 Å². The van der Waals surface area contributed by atoms with Crippen molar-refractivity contribution in [3.05, 3.63) is 83.7 Å². The predicted molar refractivity (Wildman–Crippen MR) is 123 cm³/mol. The molecule has 0 aliphatic heterocycles. The van der Waals surface area contributed by atoms with Crippen LogP contribution in [-0.4, -0.2) is 44.2 Å². The van der Waals surface area contributed by atoms with E-state index in [2.05, 4.69) is 20.7 Å². The van der Waals surface area contributed by atoms with Gasteiger partial charge in [0, 0.05) is 23.2 Å². The molecule has 2 heterocycles. The topological polar surface area (TPSA) is 126 Å². The fourth-order valence-electron chi connectivity index (χ4n) is 3.33. The first-order valence-electron chi connectivity index (χ1n) is 10.2. The number of aliphatic carboxylic acids is 1. The number of aromatic nitrogens is 3. The number of hydrogen-bond acceptors (Lipinski definition) is 5. The SMILES string of the molecule is Cc1c(C(=O)Nc2ccc(C(=O)NCCC(=O)O)cc2)cnn1-c1ccc2ccccc2n1. The number of anilines is 1. The molecule has 9 nitrogen and oxygen atoms in total. The van der Waals surface area contributed by atoms with Crippen molar-refractivity contribution < 1.29 is 19.5 Å². The molecule has 2 amide bonds. The number of amides is 2. The van der Waals surface area contributed by atoms with Crippen molar-refractivity contribution in [2.45, 2.75) is 13.3 Å². The lowest BCUT2D eigenvalue weighted by molar-refractivity contribution is -0.136. The molecule has 0 fully saturated rings. The molecule has 0 saturated carbocycles. The van der Waals surface area contributed by atoms with E-state index in [9.17, 15) is 14.4 Å². The van der Waals surface area contributed by atoms with Gasteiger partial charge in [-0.05, 0) is 49.4 Å². The molecule has 166 valence electrons. The van der Waals surface area contributed by atoms with Gasteiger partial charge in [-0.2, -0.15) is 5.10 Å². The van der Waals surface area contributed by atoms with Gasteiger partial charge in [0.2, 0.25) is 0 Å². The minimum absolute atomic E-state index is 0.0436. The summed E-state index contributed by atoms with van der Waals surface area (Å²) >= 11 is 0. The Bertz CT molecular complexity index is 1340. The highest BCUT2D eigenvalue weighted by molar-refractivity contribution is 6.05. The van der Waals surface area contributed by atoms with Gasteiger partial charge in [0.15, 0.2) is 5.82 Å². The second kappa shape index (κ2) is 9.31. The van der Waals surface area contributed by atoms with E-state index in [1.807, 2.05) is 36.4 Å². The first kappa shape index (κ1) is 21.7. The number of carbonyl (C=O) groups excluding carboxylic acids is 2. The Hall–Kier alpha value is -4.53. The molecular formula is C24H21N5O4. The summed E-state index contributed by atoms with van der Waals surface area (Å²) in [7, 11) is 0. The lowest BCUT2D eigenvalue weighted by atomic mass is 10.1. The molecule has 0 bridgehead atoms. The summed E-state index contributed by atoms with van der Waals surface area (Å²) in [6.07, 6.45) is 1.34. The molecular weight excluding hydrogens is 422 g/mol. The summed E-state index contributed by atoms with van der Waals surface area (Å²) in [5, 5.41) is 19.3. The van der Waals surface area contributed by atoms with Crippen molar-refractivity contribution in [3.63, 3.8) is 0 Å². The van der Waals surface area contributed by atoms with Crippen molar-refractivity contribution >= 4 is 34.4 Å². The van der Waals surface area contributed by atoms with E-state index in [-0.39, 0.29) is 24.8 Å². The number of nitrogens with zero attached hydrogens (tertiary/aromatic N) is 3. The van der Waals surface area contributed by atoms with Gasteiger partial charge in [0.1, 0.15) is 0 Å². The fourth-order valence-corrected chi connectivity index (χ4v) is 3.33. The molecule has 0 atom stereocenters. The number of carboxylic acid groups (broad SMARTS) is 1. The Morgan fingerprint density at radius 1 is 0.970 bits per heavy atom. The molecule has 4 aromatic rings. The Morgan fingerprint density at radius 3 is 2.48 bits per heavy atom. The minimum atomic E-state index is -0.983. The van der Waals surface area contributed by atoms with Crippen LogP contribution in [0.2, 0.25) is 0 Å². The largest absolute Gasteiger partial charge is 0.481 e. The second-order valence-electron chi connectivity index (χ2n) is 7.35.